The molecule has 0 radical (unpaired) electrons. The van der Waals surface area contributed by atoms with E-state index in [2.05, 4.69) is 0 Å². The molecule has 0 atom stereocenters. The summed E-state index contributed by atoms with van der Waals surface area (Å²) in [5, 5.41) is 0. The Morgan fingerprint density at radius 1 is 1.20 bits per heavy atom. The Labute approximate surface area is 89.9 Å². The van der Waals surface area contributed by atoms with Crippen LogP contribution in [0.4, 0.5) is 4.39 Å². The minimum atomic E-state index is -0.307. The van der Waals surface area contributed by atoms with Crippen molar-refractivity contribution in [2.45, 2.75) is 6.42 Å². The van der Waals surface area contributed by atoms with Gasteiger partial charge in [-0.2, -0.15) is 0 Å². The molecule has 1 aromatic rings. The van der Waals surface area contributed by atoms with Crippen LogP contribution in [0.2, 0.25) is 0 Å². The van der Waals surface area contributed by atoms with Crippen molar-refractivity contribution in [2.75, 3.05) is 27.7 Å². The van der Waals surface area contributed by atoms with E-state index in [0.717, 1.165) is 11.0 Å². The van der Waals surface area contributed by atoms with Gasteiger partial charge in [-0.15, -0.1) is 0 Å². The number of carbonyl (C=O) groups is 1. The van der Waals surface area contributed by atoms with Gasteiger partial charge in [0.2, 0.25) is 0 Å². The number of ketones is 1. The van der Waals surface area contributed by atoms with E-state index in [1.165, 1.54) is 24.3 Å². The Morgan fingerprint density at radius 3 is 2.20 bits per heavy atom. The van der Waals surface area contributed by atoms with Gasteiger partial charge in [-0.1, -0.05) is 0 Å². The SMILES string of the molecule is C[N+](C)(C)CCC(=O)c1ccc(F)cc1. The van der Waals surface area contributed by atoms with Gasteiger partial charge in [-0.05, 0) is 24.3 Å². The summed E-state index contributed by atoms with van der Waals surface area (Å²) in [6, 6.07) is 5.71. The summed E-state index contributed by atoms with van der Waals surface area (Å²) in [5.41, 5.74) is 0.588. The summed E-state index contributed by atoms with van der Waals surface area (Å²) in [4.78, 5) is 11.7. The number of rotatable bonds is 4. The summed E-state index contributed by atoms with van der Waals surface area (Å²) in [6.45, 7) is 0.788. The molecular formula is C12H17FNO+. The number of carbonyl (C=O) groups excluding carboxylic acids is 1. The van der Waals surface area contributed by atoms with Crippen molar-refractivity contribution in [3.63, 3.8) is 0 Å². The van der Waals surface area contributed by atoms with Gasteiger partial charge < -0.3 is 4.48 Å². The van der Waals surface area contributed by atoms with Gasteiger partial charge in [0.15, 0.2) is 5.78 Å². The lowest BCUT2D eigenvalue weighted by Crippen LogP contribution is -2.36. The summed E-state index contributed by atoms with van der Waals surface area (Å²) >= 11 is 0. The molecule has 0 saturated heterocycles. The van der Waals surface area contributed by atoms with E-state index in [1.54, 1.807) is 0 Å². The molecule has 0 aliphatic carbocycles. The van der Waals surface area contributed by atoms with Crippen LogP contribution in [0.5, 0.6) is 0 Å². The monoisotopic (exact) mass is 210 g/mol. The highest BCUT2D eigenvalue weighted by Gasteiger charge is 2.12. The molecule has 0 aromatic heterocycles. The van der Waals surface area contributed by atoms with E-state index in [4.69, 9.17) is 0 Å². The van der Waals surface area contributed by atoms with Crippen molar-refractivity contribution in [2.24, 2.45) is 0 Å². The molecule has 0 aliphatic heterocycles. The Balaban J connectivity index is 2.58. The van der Waals surface area contributed by atoms with E-state index in [1.807, 2.05) is 21.1 Å². The second kappa shape index (κ2) is 4.53. The first-order valence-electron chi connectivity index (χ1n) is 4.98. The maximum absolute atomic E-state index is 12.6. The van der Waals surface area contributed by atoms with Gasteiger partial charge in [-0.3, -0.25) is 4.79 Å². The molecule has 0 bridgehead atoms. The first-order chi connectivity index (χ1) is 6.88. The van der Waals surface area contributed by atoms with Gasteiger partial charge in [0, 0.05) is 5.56 Å². The van der Waals surface area contributed by atoms with Gasteiger partial charge in [0.05, 0.1) is 34.1 Å². The van der Waals surface area contributed by atoms with E-state index in [-0.39, 0.29) is 11.6 Å². The normalized spacial score (nSPS) is 11.5. The molecule has 0 saturated carbocycles. The Kier molecular flexibility index (Phi) is 3.58. The zero-order valence-corrected chi connectivity index (χ0v) is 9.46. The molecule has 3 heteroatoms. The van der Waals surface area contributed by atoms with E-state index in [9.17, 15) is 9.18 Å². The van der Waals surface area contributed by atoms with E-state index in [0.29, 0.717) is 12.0 Å². The lowest BCUT2D eigenvalue weighted by Gasteiger charge is -2.23. The smallest absolute Gasteiger partial charge is 0.168 e. The standard InChI is InChI=1S/C12H17FNO/c1-14(2,3)9-8-12(15)10-4-6-11(13)7-5-10/h4-7H,8-9H2,1-3H3/q+1. The molecule has 0 heterocycles. The molecule has 0 N–H and O–H groups in total. The van der Waals surface area contributed by atoms with Crippen LogP contribution >= 0.6 is 0 Å². The van der Waals surface area contributed by atoms with Gasteiger partial charge in [0.1, 0.15) is 5.82 Å². The third-order valence-corrected chi connectivity index (χ3v) is 2.18. The molecule has 15 heavy (non-hydrogen) atoms. The number of quaternary nitrogens is 1. The van der Waals surface area contributed by atoms with Crippen molar-refractivity contribution >= 4 is 5.78 Å². The largest absolute Gasteiger partial charge is 0.331 e. The fourth-order valence-corrected chi connectivity index (χ4v) is 1.22. The Hall–Kier alpha value is -1.22. The topological polar surface area (TPSA) is 17.1 Å². The first-order valence-corrected chi connectivity index (χ1v) is 4.98. The molecule has 1 rings (SSSR count). The van der Waals surface area contributed by atoms with Gasteiger partial charge in [-0.25, -0.2) is 4.39 Å². The maximum atomic E-state index is 12.6. The molecule has 0 aliphatic rings. The minimum Gasteiger partial charge on any atom is -0.331 e. The number of benzene rings is 1. The highest BCUT2D eigenvalue weighted by atomic mass is 19.1. The average molecular weight is 210 g/mol. The average Bonchev–Trinajstić information content (AvgIpc) is 2.14. The van der Waals surface area contributed by atoms with Crippen LogP contribution in [-0.2, 0) is 0 Å². The van der Waals surface area contributed by atoms with Crippen molar-refractivity contribution < 1.29 is 13.7 Å². The zero-order chi connectivity index (χ0) is 11.5. The molecule has 0 spiro atoms. The Morgan fingerprint density at radius 2 is 1.73 bits per heavy atom. The lowest BCUT2D eigenvalue weighted by atomic mass is 10.1. The third-order valence-electron chi connectivity index (χ3n) is 2.18. The predicted octanol–water partition coefficient (Wildman–Crippen LogP) is 2.10. The highest BCUT2D eigenvalue weighted by Crippen LogP contribution is 2.07. The number of Topliss-reactive ketones (excluding diaryl/α,β-unsaturated/α-hetero) is 1. The third kappa shape index (κ3) is 4.21. The van der Waals surface area contributed by atoms with E-state index < -0.39 is 0 Å². The van der Waals surface area contributed by atoms with Gasteiger partial charge >= 0.3 is 0 Å². The van der Waals surface area contributed by atoms with Crippen LogP contribution in [0, 0.1) is 5.82 Å². The maximum Gasteiger partial charge on any atom is 0.168 e. The summed E-state index contributed by atoms with van der Waals surface area (Å²) in [6.07, 6.45) is 0.495. The molecule has 0 amide bonds. The van der Waals surface area contributed by atoms with Crippen molar-refractivity contribution in [1.29, 1.82) is 0 Å². The van der Waals surface area contributed by atoms with Gasteiger partial charge in [0.25, 0.3) is 0 Å². The summed E-state index contributed by atoms with van der Waals surface area (Å²) in [5.74, 6) is -0.235. The molecule has 1 aromatic carbocycles. The fraction of sp³-hybridized carbons (Fsp3) is 0.417. The quantitative estimate of drug-likeness (QED) is 0.549. The van der Waals surface area contributed by atoms with Crippen LogP contribution in [-0.4, -0.2) is 38.0 Å². The number of hydrogen-bond donors (Lipinski definition) is 0. The van der Waals surface area contributed by atoms with Crippen molar-refractivity contribution in [3.05, 3.63) is 35.6 Å². The second-order valence-electron chi connectivity index (χ2n) is 4.69. The first kappa shape index (κ1) is 11.9. The van der Waals surface area contributed by atoms with E-state index >= 15 is 0 Å². The van der Waals surface area contributed by atoms with Crippen LogP contribution < -0.4 is 0 Å². The number of hydrogen-bond acceptors (Lipinski definition) is 1. The molecule has 82 valence electrons. The van der Waals surface area contributed by atoms with Crippen LogP contribution in [0.15, 0.2) is 24.3 Å². The second-order valence-corrected chi connectivity index (χ2v) is 4.69. The zero-order valence-electron chi connectivity index (χ0n) is 9.46. The lowest BCUT2D eigenvalue weighted by molar-refractivity contribution is -0.869. The minimum absolute atomic E-state index is 0.0723. The van der Waals surface area contributed by atoms with Crippen LogP contribution in [0.25, 0.3) is 0 Å². The molecule has 0 unspecified atom stereocenters. The predicted molar refractivity (Wildman–Crippen MR) is 58.2 cm³/mol. The molecular weight excluding hydrogens is 193 g/mol. The number of nitrogens with zero attached hydrogens (tertiary/aromatic N) is 1. The van der Waals surface area contributed by atoms with Crippen LogP contribution in [0.1, 0.15) is 16.8 Å². The van der Waals surface area contributed by atoms with Crippen molar-refractivity contribution in [1.82, 2.24) is 0 Å². The summed E-state index contributed by atoms with van der Waals surface area (Å²) < 4.78 is 13.4. The fourth-order valence-electron chi connectivity index (χ4n) is 1.22. The number of halogens is 1. The molecule has 0 fully saturated rings. The van der Waals surface area contributed by atoms with Crippen LogP contribution in [0.3, 0.4) is 0 Å². The van der Waals surface area contributed by atoms with Crippen molar-refractivity contribution in [3.8, 4) is 0 Å². The Bertz CT molecular complexity index is 338. The highest BCUT2D eigenvalue weighted by molar-refractivity contribution is 5.96. The summed E-state index contributed by atoms with van der Waals surface area (Å²) in [7, 11) is 6.12. The molecule has 2 nitrogen and oxygen atoms in total.